The molecule has 0 aliphatic rings. The maximum absolute atomic E-state index is 12.9. The molecule has 0 aromatic carbocycles. The van der Waals surface area contributed by atoms with Gasteiger partial charge in [-0.25, -0.2) is 9.13 Å². The van der Waals surface area contributed by atoms with Crippen LogP contribution in [0.3, 0.4) is 0 Å². The van der Waals surface area contributed by atoms with Crippen molar-refractivity contribution in [3.63, 3.8) is 0 Å². The van der Waals surface area contributed by atoms with Crippen LogP contribution in [0, 0.1) is 0 Å². The molecule has 0 amide bonds. The Kier molecular flexibility index (Phi) is 57.0. The van der Waals surface area contributed by atoms with Crippen molar-refractivity contribution in [1.29, 1.82) is 0 Å². The van der Waals surface area contributed by atoms with E-state index in [1.807, 2.05) is 24.3 Å². The zero-order valence-corrected chi connectivity index (χ0v) is 53.8. The average molecular weight is 1230 g/mol. The third kappa shape index (κ3) is 61.1. The van der Waals surface area contributed by atoms with E-state index >= 15 is 0 Å². The summed E-state index contributed by atoms with van der Waals surface area (Å²) < 4.78 is 60.6. The predicted octanol–water partition coefficient (Wildman–Crippen LogP) is 16.9. The second kappa shape index (κ2) is 60.0. The molecule has 4 N–H and O–H groups in total. The van der Waals surface area contributed by atoms with E-state index in [2.05, 4.69) is 130 Å². The van der Waals surface area contributed by atoms with E-state index < -0.39 is 91.5 Å². The lowest BCUT2D eigenvalue weighted by atomic mass is 10.1. The van der Waals surface area contributed by atoms with Gasteiger partial charge in [0.05, 0.1) is 26.4 Å². The van der Waals surface area contributed by atoms with Crippen LogP contribution < -0.4 is 0 Å². The molecule has 18 heteroatoms. The number of carbonyl (C=O) groups is 3. The molecule has 0 aliphatic heterocycles. The molecule has 5 atom stereocenters. The molecule has 85 heavy (non-hydrogen) atoms. The van der Waals surface area contributed by atoms with Crippen molar-refractivity contribution in [3.8, 4) is 0 Å². The number of aliphatic hydroxyl groups is 2. The summed E-state index contributed by atoms with van der Waals surface area (Å²) in [6.45, 7) is 2.25. The summed E-state index contributed by atoms with van der Waals surface area (Å²) >= 11 is 0. The van der Waals surface area contributed by atoms with Gasteiger partial charge in [-0.15, -0.1) is 0 Å². The van der Waals surface area contributed by atoms with Gasteiger partial charge in [-0.3, -0.25) is 32.5 Å². The SMILES string of the molecule is CC/C=C\C/C=C\C/C=C\C/C=C\C/C=C\CCCC(=O)OCC(O)COP(=O)(O)OCC(O)COP(=O)(O)OCC(COC(=O)CCC/C=C\C/C=C\C/C=C\C/C=C\C/C=C\CC)OC(=O)CCCCCCC/C=C\CCCCCCCC. The van der Waals surface area contributed by atoms with Crippen LogP contribution >= 0.6 is 15.6 Å². The molecule has 0 spiro atoms. The molecule has 0 radical (unpaired) electrons. The molecule has 0 fully saturated rings. The summed E-state index contributed by atoms with van der Waals surface area (Å²) in [7, 11) is -9.81. The number of allylic oxidation sites excluding steroid dienone is 22. The molecule has 0 aromatic rings. The first-order valence-electron chi connectivity index (χ1n) is 31.5. The fraction of sp³-hybridized carbons (Fsp3) is 0.627. The number of phosphoric acid groups is 2. The number of aliphatic hydroxyl groups excluding tert-OH is 2. The number of phosphoric ester groups is 2. The summed E-state index contributed by atoms with van der Waals surface area (Å²) in [4.78, 5) is 58.2. The Bertz CT molecular complexity index is 2090. The fourth-order valence-corrected chi connectivity index (χ4v) is 9.16. The van der Waals surface area contributed by atoms with Gasteiger partial charge < -0.3 is 34.2 Å². The molecule has 0 aromatic heterocycles. The molecule has 0 bridgehead atoms. The van der Waals surface area contributed by atoms with Gasteiger partial charge in [-0.2, -0.15) is 0 Å². The topological polar surface area (TPSA) is 231 Å². The van der Waals surface area contributed by atoms with Gasteiger partial charge in [-0.05, 0) is 122 Å². The number of esters is 3. The zero-order chi connectivity index (χ0) is 62.4. The van der Waals surface area contributed by atoms with E-state index in [-0.39, 0.29) is 19.3 Å². The van der Waals surface area contributed by atoms with E-state index in [0.717, 1.165) is 103 Å². The molecule has 0 aliphatic carbocycles. The van der Waals surface area contributed by atoms with Crippen LogP contribution in [-0.2, 0) is 55.8 Å². The van der Waals surface area contributed by atoms with Gasteiger partial charge in [0.2, 0.25) is 0 Å². The Balaban J connectivity index is 4.83. The summed E-state index contributed by atoms with van der Waals surface area (Å²) in [6, 6.07) is 0. The van der Waals surface area contributed by atoms with Gasteiger partial charge in [0.25, 0.3) is 0 Å². The minimum Gasteiger partial charge on any atom is -0.463 e. The van der Waals surface area contributed by atoms with E-state index in [0.29, 0.717) is 32.1 Å². The third-order valence-electron chi connectivity index (χ3n) is 12.3. The number of hydrogen-bond acceptors (Lipinski definition) is 14. The summed E-state index contributed by atoms with van der Waals surface area (Å²) in [5.41, 5.74) is 0. The van der Waals surface area contributed by atoms with Crippen LogP contribution in [0.2, 0.25) is 0 Å². The monoisotopic (exact) mass is 1230 g/mol. The highest BCUT2D eigenvalue weighted by Gasteiger charge is 2.29. The molecule has 0 heterocycles. The van der Waals surface area contributed by atoms with Crippen molar-refractivity contribution in [2.75, 3.05) is 39.6 Å². The van der Waals surface area contributed by atoms with Crippen LogP contribution in [-0.4, -0.2) is 95.9 Å². The second-order valence-electron chi connectivity index (χ2n) is 20.4. The van der Waals surface area contributed by atoms with Crippen molar-refractivity contribution in [1.82, 2.24) is 0 Å². The highest BCUT2D eigenvalue weighted by Crippen LogP contribution is 2.45. The zero-order valence-electron chi connectivity index (χ0n) is 52.0. The summed E-state index contributed by atoms with van der Waals surface area (Å²) in [6.07, 6.45) is 68.2. The maximum atomic E-state index is 12.9. The molecular formula is C67H110O16P2. The van der Waals surface area contributed by atoms with E-state index in [4.69, 9.17) is 32.3 Å². The number of hydrogen-bond donors (Lipinski definition) is 4. The third-order valence-corrected chi connectivity index (χ3v) is 14.2. The van der Waals surface area contributed by atoms with Crippen molar-refractivity contribution in [2.45, 2.75) is 232 Å². The number of rotatable bonds is 58. The van der Waals surface area contributed by atoms with Crippen molar-refractivity contribution >= 4 is 33.6 Å². The Morgan fingerprint density at radius 2 is 0.635 bits per heavy atom. The lowest BCUT2D eigenvalue weighted by Gasteiger charge is -2.21. The van der Waals surface area contributed by atoms with E-state index in [9.17, 15) is 43.5 Å². The maximum Gasteiger partial charge on any atom is 0.472 e. The molecule has 16 nitrogen and oxygen atoms in total. The van der Waals surface area contributed by atoms with Crippen LogP contribution in [0.25, 0.3) is 0 Å². The lowest BCUT2D eigenvalue weighted by Crippen LogP contribution is -2.30. The second-order valence-corrected chi connectivity index (χ2v) is 23.3. The van der Waals surface area contributed by atoms with Gasteiger partial charge in [0.1, 0.15) is 25.4 Å². The normalized spacial score (nSPS) is 15.2. The Hall–Kier alpha value is -4.31. The van der Waals surface area contributed by atoms with Crippen molar-refractivity contribution in [3.05, 3.63) is 134 Å². The lowest BCUT2D eigenvalue weighted by molar-refractivity contribution is -0.161. The number of carbonyl (C=O) groups excluding carboxylic acids is 3. The quantitative estimate of drug-likeness (QED) is 0.0146. The van der Waals surface area contributed by atoms with Gasteiger partial charge in [0, 0.05) is 19.3 Å². The first kappa shape index (κ1) is 80.7. The first-order chi connectivity index (χ1) is 41.2. The molecule has 0 saturated carbocycles. The van der Waals surface area contributed by atoms with E-state index in [1.165, 1.54) is 38.5 Å². The van der Waals surface area contributed by atoms with Crippen LogP contribution in [0.5, 0.6) is 0 Å². The summed E-state index contributed by atoms with van der Waals surface area (Å²) in [5.74, 6) is -1.72. The van der Waals surface area contributed by atoms with E-state index in [1.54, 1.807) is 0 Å². The Morgan fingerprint density at radius 1 is 0.341 bits per heavy atom. The largest absolute Gasteiger partial charge is 0.472 e. The summed E-state index contributed by atoms with van der Waals surface area (Å²) in [5, 5.41) is 20.5. The van der Waals surface area contributed by atoms with Gasteiger partial charge >= 0.3 is 33.6 Å². The fourth-order valence-electron chi connectivity index (χ4n) is 7.57. The number of ether oxygens (including phenoxy) is 3. The average Bonchev–Trinajstić information content (AvgIpc) is 3.48. The smallest absolute Gasteiger partial charge is 0.463 e. The molecule has 0 saturated heterocycles. The molecule has 484 valence electrons. The predicted molar refractivity (Wildman–Crippen MR) is 343 cm³/mol. The standard InChI is InChI=1S/C67H110O16P2/c1-4-7-10-13-16-19-22-25-28-30-33-35-38-41-44-47-50-53-65(70)77-56-62(68)57-79-84(73,74)80-58-63(69)59-81-85(75,76)82-61-64(83-67(72)55-52-49-46-43-40-37-32-27-24-21-18-15-12-9-6-3)60-78-66(71)54-51-48-45-42-39-36-34-31-29-26-23-20-17-14-11-8-5-2/h7-8,10-11,16-17,19-20,25-29,32-36,41-42,44-45,62-64,68-69H,4-6,9,12-15,18,21-24,30-31,37-40,43,46-61H2,1-3H3,(H,73,74)(H,75,76)/b10-7-,11-8-,19-16-,20-17-,28-25-,29-26-,32-27-,35-33-,36-34-,44-41-,45-42-. The minimum atomic E-state index is -4.94. The Morgan fingerprint density at radius 3 is 1.04 bits per heavy atom. The van der Waals surface area contributed by atoms with Crippen LogP contribution in [0.4, 0.5) is 0 Å². The van der Waals surface area contributed by atoms with Crippen LogP contribution in [0.15, 0.2) is 134 Å². The van der Waals surface area contributed by atoms with Crippen LogP contribution in [0.1, 0.15) is 213 Å². The highest BCUT2D eigenvalue weighted by molar-refractivity contribution is 7.47. The Labute approximate surface area is 512 Å². The number of unbranched alkanes of at least 4 members (excludes halogenated alkanes) is 13. The van der Waals surface area contributed by atoms with Crippen molar-refractivity contribution < 1.29 is 75.8 Å². The molecular weight excluding hydrogens is 1120 g/mol. The van der Waals surface area contributed by atoms with Gasteiger partial charge in [-0.1, -0.05) is 206 Å². The first-order valence-corrected chi connectivity index (χ1v) is 34.5. The minimum absolute atomic E-state index is 0.0770. The molecule has 0 rings (SSSR count). The highest BCUT2D eigenvalue weighted by atomic mass is 31.2. The molecule has 5 unspecified atom stereocenters. The van der Waals surface area contributed by atoms with Gasteiger partial charge in [0.15, 0.2) is 6.10 Å². The van der Waals surface area contributed by atoms with Crippen molar-refractivity contribution in [2.24, 2.45) is 0 Å².